The van der Waals surface area contributed by atoms with Crippen LogP contribution in [-0.4, -0.2) is 30.3 Å². The molecule has 1 heterocycles. The fraction of sp³-hybridized carbons (Fsp3) is 0.515. The molecule has 1 N–H and O–H groups in total. The second kappa shape index (κ2) is 24.6. The Labute approximate surface area is 229 Å². The lowest BCUT2D eigenvalue weighted by Crippen LogP contribution is -2.35. The molecule has 1 amide bonds. The average molecular weight is 510 g/mol. The Kier molecular flexibility index (Phi) is 25.6. The molecule has 2 rings (SSSR count). The van der Waals surface area contributed by atoms with Crippen LogP contribution in [0.15, 0.2) is 52.2 Å². The molecule has 0 radical (unpaired) electrons. The van der Waals surface area contributed by atoms with Crippen LogP contribution in [-0.2, 0) is 11.3 Å². The lowest BCUT2D eigenvalue weighted by Gasteiger charge is -2.24. The number of rotatable bonds is 7. The molecule has 0 spiro atoms. The van der Waals surface area contributed by atoms with E-state index in [0.29, 0.717) is 5.92 Å². The van der Waals surface area contributed by atoms with Crippen LogP contribution in [0.3, 0.4) is 0 Å². The number of hydrogen-bond acceptors (Lipinski definition) is 2. The number of hydrogen-bond donors (Lipinski definition) is 1. The molecule has 4 nitrogen and oxygen atoms in total. The van der Waals surface area contributed by atoms with Crippen molar-refractivity contribution in [2.45, 2.75) is 94.5 Å². The number of nitrogens with one attached hydrogen (secondary N) is 1. The molecule has 1 saturated carbocycles. The van der Waals surface area contributed by atoms with E-state index in [9.17, 15) is 4.79 Å². The molecule has 1 aliphatic rings. The lowest BCUT2D eigenvalue weighted by molar-refractivity contribution is -0.127. The van der Waals surface area contributed by atoms with Crippen molar-refractivity contribution < 1.29 is 4.79 Å². The summed E-state index contributed by atoms with van der Waals surface area (Å²) in [7, 11) is 1.79. The summed E-state index contributed by atoms with van der Waals surface area (Å²) in [5.41, 5.74) is 4.99. The van der Waals surface area contributed by atoms with Crippen molar-refractivity contribution in [3.8, 4) is 12.8 Å². The highest BCUT2D eigenvalue weighted by molar-refractivity contribution is 5.83. The monoisotopic (exact) mass is 509 g/mol. The van der Waals surface area contributed by atoms with Gasteiger partial charge in [-0.3, -0.25) is 9.79 Å². The number of amides is 1. The maximum absolute atomic E-state index is 11.6. The molecular weight excluding hydrogens is 454 g/mol. The Morgan fingerprint density at radius 1 is 1.16 bits per heavy atom. The standard InChI is InChI=1S/C15H22N2O.C10H17N.C4H8.C2H6.C2H2/c1-3-13-8-11-17(12(13)2)10-5-9-16-15(18)14-6-4-7-14;1-8(2)6-10(7-11-5)9(3)4;1-4(2)3;2*1-2/h3,8,11,14H,2,4-7,9-10H2,1H3,(H,16,18);6-7H,1-5H3;1H2,2-3H3;1-2H3;1-2H/b13-3-;;;;. The Hall–Kier alpha value is -3.06. The van der Waals surface area contributed by atoms with Gasteiger partial charge in [0.2, 0.25) is 5.91 Å². The SMILES string of the molecule is C#C.C=C(C)C.C=c1/c(=C\C)ccn1CCCNC(=O)C1CCC1.CC.CN=CC(C=C(C)C)=C(C)C. The maximum Gasteiger partial charge on any atom is 0.223 e. The zero-order valence-corrected chi connectivity index (χ0v) is 25.6. The van der Waals surface area contributed by atoms with Crippen molar-refractivity contribution in [1.82, 2.24) is 9.88 Å². The van der Waals surface area contributed by atoms with Gasteiger partial charge in [0.15, 0.2) is 0 Å². The summed E-state index contributed by atoms with van der Waals surface area (Å²) in [4.78, 5) is 15.6. The molecular formula is C33H55N3O. The van der Waals surface area contributed by atoms with Crippen molar-refractivity contribution in [2.75, 3.05) is 13.6 Å². The zero-order chi connectivity index (χ0) is 29.4. The highest BCUT2D eigenvalue weighted by atomic mass is 16.1. The van der Waals surface area contributed by atoms with E-state index in [-0.39, 0.29) is 5.91 Å². The molecule has 1 aromatic heterocycles. The molecule has 37 heavy (non-hydrogen) atoms. The van der Waals surface area contributed by atoms with Crippen LogP contribution in [0.4, 0.5) is 0 Å². The Morgan fingerprint density at radius 3 is 2.05 bits per heavy atom. The summed E-state index contributed by atoms with van der Waals surface area (Å²) >= 11 is 0. The van der Waals surface area contributed by atoms with Gasteiger partial charge in [-0.05, 0) is 84.6 Å². The van der Waals surface area contributed by atoms with Crippen LogP contribution >= 0.6 is 0 Å². The second-order valence-electron chi connectivity index (χ2n) is 9.24. The largest absolute Gasteiger partial charge is 0.356 e. The van der Waals surface area contributed by atoms with Gasteiger partial charge < -0.3 is 9.88 Å². The summed E-state index contributed by atoms with van der Waals surface area (Å²) < 4.78 is 2.14. The van der Waals surface area contributed by atoms with Crippen LogP contribution in [0, 0.1) is 18.8 Å². The first-order valence-corrected chi connectivity index (χ1v) is 13.3. The topological polar surface area (TPSA) is 46.4 Å². The van der Waals surface area contributed by atoms with Gasteiger partial charge in [0.1, 0.15) is 0 Å². The maximum atomic E-state index is 11.6. The Morgan fingerprint density at radius 2 is 1.70 bits per heavy atom. The Bertz CT molecular complexity index is 970. The molecule has 0 aromatic carbocycles. The molecule has 208 valence electrons. The number of carbonyl (C=O) groups excluding carboxylic acids is 1. The van der Waals surface area contributed by atoms with Crippen LogP contribution in [0.25, 0.3) is 12.7 Å². The number of aliphatic imine (C=N–C) groups is 1. The van der Waals surface area contributed by atoms with Gasteiger partial charge in [0.25, 0.3) is 0 Å². The molecule has 1 fully saturated rings. The molecule has 1 aromatic rings. The van der Waals surface area contributed by atoms with Crippen molar-refractivity contribution in [2.24, 2.45) is 10.9 Å². The number of allylic oxidation sites excluding steroid dienone is 5. The molecule has 4 heteroatoms. The zero-order valence-electron chi connectivity index (χ0n) is 25.6. The van der Waals surface area contributed by atoms with E-state index < -0.39 is 0 Å². The molecule has 0 bridgehead atoms. The van der Waals surface area contributed by atoms with Gasteiger partial charge in [-0.2, -0.15) is 0 Å². The summed E-state index contributed by atoms with van der Waals surface area (Å²) in [6, 6.07) is 2.08. The van der Waals surface area contributed by atoms with E-state index >= 15 is 0 Å². The quantitative estimate of drug-likeness (QED) is 0.141. The van der Waals surface area contributed by atoms with E-state index in [1.165, 1.54) is 33.9 Å². The average Bonchev–Trinajstić information content (AvgIpc) is 3.17. The normalized spacial score (nSPS) is 11.9. The molecule has 0 aliphatic heterocycles. The van der Waals surface area contributed by atoms with E-state index in [0.717, 1.165) is 37.7 Å². The van der Waals surface area contributed by atoms with Crippen LogP contribution in [0.1, 0.15) is 88.0 Å². The smallest absolute Gasteiger partial charge is 0.223 e. The van der Waals surface area contributed by atoms with Gasteiger partial charge >= 0.3 is 0 Å². The highest BCUT2D eigenvalue weighted by Gasteiger charge is 2.24. The van der Waals surface area contributed by atoms with Crippen molar-refractivity contribution in [1.29, 1.82) is 0 Å². The minimum absolute atomic E-state index is 0.242. The lowest BCUT2D eigenvalue weighted by atomic mass is 9.85. The van der Waals surface area contributed by atoms with Crippen LogP contribution < -0.4 is 15.9 Å². The molecule has 0 saturated heterocycles. The first-order chi connectivity index (χ1) is 17.5. The summed E-state index contributed by atoms with van der Waals surface area (Å²) in [5.74, 6) is 0.535. The van der Waals surface area contributed by atoms with Gasteiger partial charge in [-0.1, -0.05) is 55.7 Å². The predicted octanol–water partition coefficient (Wildman–Crippen LogP) is 6.85. The minimum atomic E-state index is 0.242. The highest BCUT2D eigenvalue weighted by Crippen LogP contribution is 2.26. The molecule has 0 atom stereocenters. The minimum Gasteiger partial charge on any atom is -0.356 e. The van der Waals surface area contributed by atoms with Crippen LogP contribution in [0.5, 0.6) is 0 Å². The third kappa shape index (κ3) is 19.8. The number of carbonyl (C=O) groups is 1. The van der Waals surface area contributed by atoms with Gasteiger partial charge in [-0.15, -0.1) is 19.4 Å². The second-order valence-corrected chi connectivity index (χ2v) is 9.24. The van der Waals surface area contributed by atoms with Gasteiger partial charge in [0, 0.05) is 43.8 Å². The third-order valence-electron chi connectivity index (χ3n) is 5.07. The van der Waals surface area contributed by atoms with Gasteiger partial charge in [-0.25, -0.2) is 0 Å². The van der Waals surface area contributed by atoms with E-state index in [1.54, 1.807) is 7.05 Å². The van der Waals surface area contributed by atoms with Gasteiger partial charge in [0.05, 0.1) is 0 Å². The van der Waals surface area contributed by atoms with Crippen LogP contribution in [0.2, 0.25) is 0 Å². The first kappa shape index (κ1) is 38.5. The molecule has 0 unspecified atom stereocenters. The number of aryl methyl sites for hydroxylation is 1. The van der Waals surface area contributed by atoms with E-state index in [1.807, 2.05) is 40.8 Å². The van der Waals surface area contributed by atoms with Crippen molar-refractivity contribution >= 4 is 24.8 Å². The first-order valence-electron chi connectivity index (χ1n) is 13.3. The number of aromatic nitrogens is 1. The fourth-order valence-corrected chi connectivity index (χ4v) is 3.03. The van der Waals surface area contributed by atoms with E-state index in [4.69, 9.17) is 0 Å². The Balaban J connectivity index is -0.000000521. The summed E-state index contributed by atoms with van der Waals surface area (Å²) in [5, 5.41) is 5.26. The number of nitrogens with zero attached hydrogens (tertiary/aromatic N) is 2. The van der Waals surface area contributed by atoms with Crippen molar-refractivity contribution in [3.05, 3.63) is 57.8 Å². The summed E-state index contributed by atoms with van der Waals surface area (Å²) in [6.07, 6.45) is 20.5. The third-order valence-corrected chi connectivity index (χ3v) is 5.07. The fourth-order valence-electron chi connectivity index (χ4n) is 3.03. The number of terminal acetylenes is 1. The predicted molar refractivity (Wildman–Crippen MR) is 168 cm³/mol. The van der Waals surface area contributed by atoms with Crippen molar-refractivity contribution in [3.63, 3.8) is 0 Å². The summed E-state index contributed by atoms with van der Waals surface area (Å²) in [6.45, 7) is 27.6. The van der Waals surface area contributed by atoms with E-state index in [2.05, 4.69) is 93.0 Å². The molecule has 1 aliphatic carbocycles.